The molecule has 2 heterocycles. The van der Waals surface area contributed by atoms with E-state index in [1.54, 1.807) is 0 Å². The predicted octanol–water partition coefficient (Wildman–Crippen LogP) is 12.1. The maximum absolute atomic E-state index is 2.61. The van der Waals surface area contributed by atoms with Crippen LogP contribution in [0.2, 0.25) is 0 Å². The van der Waals surface area contributed by atoms with Gasteiger partial charge in [-0.1, -0.05) is 208 Å². The van der Waals surface area contributed by atoms with Crippen molar-refractivity contribution in [3.05, 3.63) is 205 Å². The zero-order valence-corrected chi connectivity index (χ0v) is 33.5. The van der Waals surface area contributed by atoms with Crippen molar-refractivity contribution >= 4 is 61.1 Å². The van der Waals surface area contributed by atoms with Gasteiger partial charge in [-0.25, -0.2) is 0 Å². The first-order valence-electron chi connectivity index (χ1n) is 20.6. The van der Waals surface area contributed by atoms with Crippen LogP contribution in [0, 0.1) is 0 Å². The van der Waals surface area contributed by atoms with Gasteiger partial charge in [-0.05, 0) is 120 Å². The van der Waals surface area contributed by atoms with Gasteiger partial charge < -0.3 is 0 Å². The van der Waals surface area contributed by atoms with Gasteiger partial charge in [0.25, 0.3) is 0 Å². The van der Waals surface area contributed by atoms with Crippen LogP contribution in [0.15, 0.2) is 194 Å². The van der Waals surface area contributed by atoms with E-state index in [-0.39, 0.29) is 5.41 Å². The van der Waals surface area contributed by atoms with Crippen LogP contribution in [-0.4, -0.2) is 8.07 Å². The molecule has 0 bridgehead atoms. The molecule has 0 amide bonds. The van der Waals surface area contributed by atoms with Gasteiger partial charge in [0.1, 0.15) is 0 Å². The first-order valence-corrected chi connectivity index (χ1v) is 22.6. The number of hydrogen-bond donors (Lipinski definition) is 0. The van der Waals surface area contributed by atoms with E-state index in [2.05, 4.69) is 208 Å². The molecule has 10 aromatic rings. The highest BCUT2D eigenvalue weighted by molar-refractivity contribution is 7.24. The minimum atomic E-state index is -2.59. The summed E-state index contributed by atoms with van der Waals surface area (Å²) in [5, 5.41) is 13.9. The Morgan fingerprint density at radius 2 is 0.793 bits per heavy atom. The lowest BCUT2D eigenvalue weighted by Crippen LogP contribution is -2.70. The SMILES string of the molecule is CC1(C)c2cccc(-c3c4ccccc4c(-c4ccc5c(c4)[Si]4(c6ccccc6-c6ccccc64)c4ccccc4-5)c4ccccc34)c2-c2ccc3ccccc3c21. The molecule has 1 heteroatoms. The Bertz CT molecular complexity index is 3320. The zero-order chi connectivity index (χ0) is 38.3. The van der Waals surface area contributed by atoms with Gasteiger partial charge in [0.2, 0.25) is 0 Å². The molecule has 0 saturated heterocycles. The van der Waals surface area contributed by atoms with Gasteiger partial charge in [-0.3, -0.25) is 0 Å². The highest BCUT2D eigenvalue weighted by Crippen LogP contribution is 2.56. The third kappa shape index (κ3) is 3.90. The van der Waals surface area contributed by atoms with Crippen molar-refractivity contribution in [3.8, 4) is 55.6 Å². The van der Waals surface area contributed by atoms with Crippen molar-refractivity contribution in [3.63, 3.8) is 0 Å². The molecule has 2 aliphatic heterocycles. The number of rotatable bonds is 2. The molecule has 270 valence electrons. The Labute approximate surface area is 339 Å². The molecule has 1 spiro atoms. The standard InChI is InChI=1S/C57H38Si/c1-57(2)48-26-15-25-46(55(48)47-33-30-35-16-3-4-17-37(35)56(47)57)54-44-23-7-5-21-42(44)53(43-22-6-8-24-45(43)54)36-31-32-41-40-20-11-14-29-51(40)58(52(41)34-36)49-27-12-9-18-38(49)39-19-10-13-28-50(39)58/h3-34H,1-2H3. The Kier molecular flexibility index (Phi) is 6.35. The van der Waals surface area contributed by atoms with Crippen molar-refractivity contribution in [1.29, 1.82) is 0 Å². The topological polar surface area (TPSA) is 0 Å². The molecule has 1 aliphatic carbocycles. The average molecular weight is 751 g/mol. The summed E-state index contributed by atoms with van der Waals surface area (Å²) in [6.45, 7) is 4.83. The number of fused-ring (bicyclic) bond motifs is 17. The fourth-order valence-corrected chi connectivity index (χ4v) is 17.5. The van der Waals surface area contributed by atoms with Crippen molar-refractivity contribution in [2.75, 3.05) is 0 Å². The van der Waals surface area contributed by atoms with E-state index < -0.39 is 8.07 Å². The molecule has 58 heavy (non-hydrogen) atoms. The average Bonchev–Trinajstić information content (AvgIpc) is 3.84. The summed E-state index contributed by atoms with van der Waals surface area (Å²) in [6.07, 6.45) is 0. The summed E-state index contributed by atoms with van der Waals surface area (Å²) in [7, 11) is -2.59. The molecule has 0 aromatic heterocycles. The molecule has 0 atom stereocenters. The minimum absolute atomic E-state index is 0.133. The molecule has 0 N–H and O–H groups in total. The summed E-state index contributed by atoms with van der Waals surface area (Å²) in [4.78, 5) is 0. The van der Waals surface area contributed by atoms with Gasteiger partial charge in [0, 0.05) is 5.41 Å². The monoisotopic (exact) mass is 750 g/mol. The predicted molar refractivity (Wildman–Crippen MR) is 249 cm³/mol. The summed E-state index contributed by atoms with van der Waals surface area (Å²) in [5.41, 5.74) is 16.2. The quantitative estimate of drug-likeness (QED) is 0.122. The second kappa shape index (κ2) is 11.4. The van der Waals surface area contributed by atoms with E-state index in [1.807, 2.05) is 0 Å². The number of benzene rings is 10. The molecule has 3 aliphatic rings. The zero-order valence-electron chi connectivity index (χ0n) is 32.5. The normalized spacial score (nSPS) is 14.7. The van der Waals surface area contributed by atoms with E-state index in [0.717, 1.165) is 0 Å². The molecule has 0 unspecified atom stereocenters. The lowest BCUT2D eigenvalue weighted by atomic mass is 9.79. The molecule has 0 fully saturated rings. The van der Waals surface area contributed by atoms with E-state index in [9.17, 15) is 0 Å². The van der Waals surface area contributed by atoms with E-state index in [1.165, 1.54) is 120 Å². The third-order valence-corrected chi connectivity index (χ3v) is 19.0. The van der Waals surface area contributed by atoms with Crippen LogP contribution >= 0.6 is 0 Å². The van der Waals surface area contributed by atoms with Gasteiger partial charge >= 0.3 is 0 Å². The number of hydrogen-bond acceptors (Lipinski definition) is 0. The van der Waals surface area contributed by atoms with Crippen LogP contribution in [0.3, 0.4) is 0 Å². The van der Waals surface area contributed by atoms with Gasteiger partial charge in [0.15, 0.2) is 8.07 Å². The highest BCUT2D eigenvalue weighted by Gasteiger charge is 2.54. The second-order valence-corrected chi connectivity index (χ2v) is 20.7. The lowest BCUT2D eigenvalue weighted by molar-refractivity contribution is 0.666. The molecule has 10 aromatic carbocycles. The smallest absolute Gasteiger partial charge is 0.0623 e. The second-order valence-electron chi connectivity index (χ2n) is 17.1. The lowest BCUT2D eigenvalue weighted by Gasteiger charge is -2.28. The Morgan fingerprint density at radius 1 is 0.328 bits per heavy atom. The Hall–Kier alpha value is -6.80. The van der Waals surface area contributed by atoms with Gasteiger partial charge in [0.05, 0.1) is 0 Å². The summed E-state index contributed by atoms with van der Waals surface area (Å²) in [6, 6.07) is 74.3. The first kappa shape index (κ1) is 32.3. The molecule has 0 radical (unpaired) electrons. The fraction of sp³-hybridized carbons (Fsp3) is 0.0526. The maximum atomic E-state index is 2.61. The summed E-state index contributed by atoms with van der Waals surface area (Å²) in [5.74, 6) is 0. The van der Waals surface area contributed by atoms with Crippen LogP contribution in [-0.2, 0) is 5.41 Å². The summed E-state index contributed by atoms with van der Waals surface area (Å²) >= 11 is 0. The van der Waals surface area contributed by atoms with Crippen LogP contribution in [0.1, 0.15) is 25.0 Å². The van der Waals surface area contributed by atoms with Crippen molar-refractivity contribution < 1.29 is 0 Å². The molecular weight excluding hydrogens is 713 g/mol. The maximum Gasteiger partial charge on any atom is 0.182 e. The van der Waals surface area contributed by atoms with Crippen molar-refractivity contribution in [2.45, 2.75) is 19.3 Å². The molecule has 0 saturated carbocycles. The van der Waals surface area contributed by atoms with Crippen LogP contribution in [0.4, 0.5) is 0 Å². The van der Waals surface area contributed by atoms with Crippen LogP contribution < -0.4 is 20.7 Å². The van der Waals surface area contributed by atoms with Crippen LogP contribution in [0.5, 0.6) is 0 Å². The fourth-order valence-electron chi connectivity index (χ4n) is 11.8. The first-order chi connectivity index (χ1) is 28.6. The minimum Gasteiger partial charge on any atom is -0.0623 e. The summed E-state index contributed by atoms with van der Waals surface area (Å²) < 4.78 is 0. The van der Waals surface area contributed by atoms with E-state index in [4.69, 9.17) is 0 Å². The van der Waals surface area contributed by atoms with Crippen LogP contribution in [0.25, 0.3) is 88.0 Å². The molecule has 0 nitrogen and oxygen atoms in total. The third-order valence-electron chi connectivity index (χ3n) is 14.0. The molecule has 13 rings (SSSR count). The van der Waals surface area contributed by atoms with Gasteiger partial charge in [-0.2, -0.15) is 0 Å². The van der Waals surface area contributed by atoms with Crippen molar-refractivity contribution in [1.82, 2.24) is 0 Å². The van der Waals surface area contributed by atoms with Gasteiger partial charge in [-0.15, -0.1) is 0 Å². The van der Waals surface area contributed by atoms with E-state index in [0.29, 0.717) is 0 Å². The Balaban J connectivity index is 1.11. The van der Waals surface area contributed by atoms with Crippen molar-refractivity contribution in [2.24, 2.45) is 0 Å². The Morgan fingerprint density at radius 3 is 1.40 bits per heavy atom. The largest absolute Gasteiger partial charge is 0.182 e. The van der Waals surface area contributed by atoms with E-state index >= 15 is 0 Å². The highest BCUT2D eigenvalue weighted by atomic mass is 28.3. The molecular formula is C57H38Si.